The first-order chi connectivity index (χ1) is 15.8. The van der Waals surface area contributed by atoms with Crippen LogP contribution in [0.1, 0.15) is 60.7 Å². The number of ketones is 1. The Morgan fingerprint density at radius 2 is 1.42 bits per heavy atom. The third-order valence-corrected chi connectivity index (χ3v) is 5.45. The highest BCUT2D eigenvalue weighted by Crippen LogP contribution is 2.28. The van der Waals surface area contributed by atoms with Crippen LogP contribution >= 0.6 is 0 Å². The van der Waals surface area contributed by atoms with Crippen molar-refractivity contribution in [3.8, 4) is 0 Å². The molecule has 1 aliphatic heterocycles. The summed E-state index contributed by atoms with van der Waals surface area (Å²) in [6.07, 6.45) is -1.89. The van der Waals surface area contributed by atoms with E-state index in [1.54, 1.807) is 55.5 Å². The second-order valence-corrected chi connectivity index (χ2v) is 8.25. The van der Waals surface area contributed by atoms with Gasteiger partial charge in [0.2, 0.25) is 0 Å². The normalized spacial score (nSPS) is 23.4. The van der Waals surface area contributed by atoms with Crippen LogP contribution in [0.5, 0.6) is 0 Å². The van der Waals surface area contributed by atoms with Crippen molar-refractivity contribution in [1.82, 2.24) is 0 Å². The highest BCUT2D eigenvalue weighted by Gasteiger charge is 2.42. The molecule has 7 nitrogen and oxygen atoms in total. The Morgan fingerprint density at radius 3 is 1.94 bits per heavy atom. The smallest absolute Gasteiger partial charge is 0.338 e. The monoisotopic (exact) mass is 454 g/mol. The molecule has 7 heteroatoms. The van der Waals surface area contributed by atoms with Gasteiger partial charge in [-0.1, -0.05) is 36.4 Å². The van der Waals surface area contributed by atoms with Crippen LogP contribution in [0.25, 0.3) is 0 Å². The summed E-state index contributed by atoms with van der Waals surface area (Å²) < 4.78 is 23.4. The molecule has 0 aromatic heterocycles. The first kappa shape index (κ1) is 24.6. The lowest BCUT2D eigenvalue weighted by Crippen LogP contribution is -2.51. The largest absolute Gasteiger partial charge is 0.456 e. The summed E-state index contributed by atoms with van der Waals surface area (Å²) in [6, 6.07) is 17.3. The number of ether oxygens (including phenoxy) is 4. The second kappa shape index (κ2) is 11.7. The number of hydrogen-bond donors (Lipinski definition) is 0. The van der Waals surface area contributed by atoms with E-state index >= 15 is 0 Å². The maximum atomic E-state index is 12.7. The zero-order valence-corrected chi connectivity index (χ0v) is 19.1. The van der Waals surface area contributed by atoms with Crippen molar-refractivity contribution in [1.29, 1.82) is 0 Å². The molecule has 0 spiro atoms. The van der Waals surface area contributed by atoms with Crippen LogP contribution in [-0.4, -0.2) is 48.4 Å². The van der Waals surface area contributed by atoms with Crippen LogP contribution < -0.4 is 0 Å². The highest BCUT2D eigenvalue weighted by atomic mass is 16.7. The van der Waals surface area contributed by atoms with E-state index in [0.717, 1.165) is 0 Å². The summed E-state index contributed by atoms with van der Waals surface area (Å²) in [5.74, 6) is -0.918. The minimum atomic E-state index is -0.846. The van der Waals surface area contributed by atoms with E-state index in [1.165, 1.54) is 6.92 Å². The molecule has 2 aromatic carbocycles. The summed E-state index contributed by atoms with van der Waals surface area (Å²) in [7, 11) is 0. The van der Waals surface area contributed by atoms with Crippen LogP contribution in [0.2, 0.25) is 0 Å². The molecule has 0 N–H and O–H groups in total. The Morgan fingerprint density at radius 1 is 0.909 bits per heavy atom. The molecule has 0 radical (unpaired) electrons. The summed E-state index contributed by atoms with van der Waals surface area (Å²) in [6.45, 7) is 5.16. The lowest BCUT2D eigenvalue weighted by Gasteiger charge is -2.39. The van der Waals surface area contributed by atoms with E-state index in [-0.39, 0.29) is 18.3 Å². The highest BCUT2D eigenvalue weighted by molar-refractivity contribution is 5.90. The Bertz CT molecular complexity index is 928. The van der Waals surface area contributed by atoms with Crippen molar-refractivity contribution in [2.45, 2.75) is 70.7 Å². The van der Waals surface area contributed by atoms with Gasteiger partial charge in [0.1, 0.15) is 11.9 Å². The van der Waals surface area contributed by atoms with Gasteiger partial charge in [0.25, 0.3) is 0 Å². The molecular formula is C26H30O7. The minimum absolute atomic E-state index is 0.0725. The summed E-state index contributed by atoms with van der Waals surface area (Å²) in [5, 5.41) is 0. The predicted molar refractivity (Wildman–Crippen MR) is 121 cm³/mol. The fourth-order valence-corrected chi connectivity index (χ4v) is 3.55. The van der Waals surface area contributed by atoms with Crippen molar-refractivity contribution < 1.29 is 33.3 Å². The van der Waals surface area contributed by atoms with Gasteiger partial charge in [-0.2, -0.15) is 0 Å². The average molecular weight is 455 g/mol. The quantitative estimate of drug-likeness (QED) is 0.521. The van der Waals surface area contributed by atoms with Gasteiger partial charge < -0.3 is 23.7 Å². The van der Waals surface area contributed by atoms with Crippen molar-refractivity contribution in [2.75, 3.05) is 0 Å². The third kappa shape index (κ3) is 7.23. The van der Waals surface area contributed by atoms with Crippen molar-refractivity contribution >= 4 is 17.7 Å². The number of benzene rings is 2. The number of carbonyl (C=O) groups is 3. The van der Waals surface area contributed by atoms with Gasteiger partial charge in [-0.3, -0.25) is 0 Å². The molecule has 5 atom stereocenters. The van der Waals surface area contributed by atoms with E-state index < -0.39 is 36.5 Å². The SMILES string of the molecule is CC(=O)CC[C@@H](C)OC1OC(C)[C@H](OC(=O)c2ccccc2)C[C@@H]1OC(=O)c1ccccc1. The topological polar surface area (TPSA) is 88.1 Å². The zero-order chi connectivity index (χ0) is 23.8. The van der Waals surface area contributed by atoms with E-state index in [4.69, 9.17) is 18.9 Å². The number of rotatable bonds is 9. The molecule has 0 bridgehead atoms. The predicted octanol–water partition coefficient (Wildman–Crippen LogP) is 4.35. The minimum Gasteiger partial charge on any atom is -0.456 e. The first-order valence-electron chi connectivity index (χ1n) is 11.2. The molecule has 1 aliphatic rings. The van der Waals surface area contributed by atoms with Crippen molar-refractivity contribution in [3.05, 3.63) is 71.8 Å². The van der Waals surface area contributed by atoms with Crippen LogP contribution in [0.15, 0.2) is 60.7 Å². The van der Waals surface area contributed by atoms with Crippen LogP contribution in [0.4, 0.5) is 0 Å². The number of esters is 2. The molecule has 0 amide bonds. The van der Waals surface area contributed by atoms with E-state index in [1.807, 2.05) is 19.1 Å². The maximum absolute atomic E-state index is 12.7. The average Bonchev–Trinajstić information content (AvgIpc) is 2.81. The second-order valence-electron chi connectivity index (χ2n) is 8.25. The van der Waals surface area contributed by atoms with Crippen LogP contribution in [0, 0.1) is 0 Å². The summed E-state index contributed by atoms with van der Waals surface area (Å²) in [4.78, 5) is 36.6. The molecular weight excluding hydrogens is 424 g/mol. The van der Waals surface area contributed by atoms with E-state index in [0.29, 0.717) is 24.0 Å². The molecule has 33 heavy (non-hydrogen) atoms. The summed E-state index contributed by atoms with van der Waals surface area (Å²) in [5.41, 5.74) is 0.830. The molecule has 2 aromatic rings. The van der Waals surface area contributed by atoms with Crippen LogP contribution in [0.3, 0.4) is 0 Å². The number of hydrogen-bond acceptors (Lipinski definition) is 7. The van der Waals surface area contributed by atoms with Gasteiger partial charge in [0.05, 0.1) is 23.3 Å². The Kier molecular flexibility index (Phi) is 8.74. The maximum Gasteiger partial charge on any atom is 0.338 e. The van der Waals surface area contributed by atoms with Gasteiger partial charge in [-0.25, -0.2) is 9.59 Å². The fraction of sp³-hybridized carbons (Fsp3) is 0.423. The molecule has 176 valence electrons. The van der Waals surface area contributed by atoms with E-state index in [9.17, 15) is 14.4 Å². The van der Waals surface area contributed by atoms with Gasteiger partial charge in [-0.15, -0.1) is 0 Å². The fourth-order valence-electron chi connectivity index (χ4n) is 3.55. The van der Waals surface area contributed by atoms with Gasteiger partial charge in [-0.05, 0) is 51.5 Å². The van der Waals surface area contributed by atoms with E-state index in [2.05, 4.69) is 0 Å². The Balaban J connectivity index is 1.71. The lowest BCUT2D eigenvalue weighted by atomic mass is 10.0. The zero-order valence-electron chi connectivity index (χ0n) is 19.1. The number of Topliss-reactive ketones (excluding diaryl/α,β-unsaturated/α-hetero) is 1. The third-order valence-electron chi connectivity index (χ3n) is 5.45. The lowest BCUT2D eigenvalue weighted by molar-refractivity contribution is -0.272. The van der Waals surface area contributed by atoms with Crippen molar-refractivity contribution in [3.63, 3.8) is 0 Å². The van der Waals surface area contributed by atoms with Gasteiger partial charge in [0, 0.05) is 12.8 Å². The van der Waals surface area contributed by atoms with Gasteiger partial charge in [0.15, 0.2) is 12.4 Å². The molecule has 1 saturated heterocycles. The molecule has 0 saturated carbocycles. The Hall–Kier alpha value is -3.03. The standard InChI is InChI=1S/C26H30O7/c1-17(27)14-15-18(2)30-26-23(33-25(29)21-12-8-5-9-13-21)16-22(19(3)31-26)32-24(28)20-10-6-4-7-11-20/h4-13,18-19,22-23,26H,14-16H2,1-3H3/t18-,19?,22-,23+,26?/m1/s1. The molecule has 2 unspecified atom stereocenters. The molecule has 1 heterocycles. The van der Waals surface area contributed by atoms with Crippen molar-refractivity contribution in [2.24, 2.45) is 0 Å². The Labute approximate surface area is 194 Å². The first-order valence-corrected chi connectivity index (χ1v) is 11.2. The molecule has 0 aliphatic carbocycles. The summed E-state index contributed by atoms with van der Waals surface area (Å²) >= 11 is 0. The molecule has 1 fully saturated rings. The number of carbonyl (C=O) groups excluding carboxylic acids is 3. The van der Waals surface area contributed by atoms with Gasteiger partial charge >= 0.3 is 11.9 Å². The molecule has 3 rings (SSSR count). The van der Waals surface area contributed by atoms with Crippen LogP contribution in [-0.2, 0) is 23.7 Å².